The molecule has 11 heavy (non-hydrogen) atoms. The number of hydrogen-bond donors (Lipinski definition) is 2. The van der Waals surface area contributed by atoms with E-state index in [2.05, 4.69) is 5.43 Å². The van der Waals surface area contributed by atoms with Gasteiger partial charge in [0, 0.05) is 12.7 Å². The molecule has 0 saturated carbocycles. The fourth-order valence-corrected chi connectivity index (χ4v) is 1.57. The largest absolute Gasteiger partial charge is 0.480 e. The number of hydrazine groups is 1. The average molecular weight is 176 g/mol. The number of rotatable bonds is 1. The highest BCUT2D eigenvalue weighted by molar-refractivity contribution is 7.97. The molecule has 1 aliphatic rings. The van der Waals surface area contributed by atoms with Crippen LogP contribution in [0.25, 0.3) is 0 Å². The van der Waals surface area contributed by atoms with E-state index in [0.717, 1.165) is 0 Å². The predicted octanol–water partition coefficient (Wildman–Crippen LogP) is -0.546. The summed E-state index contributed by atoms with van der Waals surface area (Å²) in [5.41, 5.74) is 2.54. The van der Waals surface area contributed by atoms with Gasteiger partial charge in [0.25, 0.3) is 0 Å². The van der Waals surface area contributed by atoms with Crippen LogP contribution in [-0.2, 0) is 9.59 Å². The number of aliphatic carboxylic acids is 1. The van der Waals surface area contributed by atoms with Crippen molar-refractivity contribution in [1.82, 2.24) is 9.84 Å². The minimum absolute atomic E-state index is 0.182. The number of nitrogens with zero attached hydrogens (tertiary/aromatic N) is 1. The Labute approximate surface area is 67.8 Å². The van der Waals surface area contributed by atoms with Crippen LogP contribution in [0, 0.1) is 0 Å². The average Bonchev–Trinajstić information content (AvgIpc) is 2.33. The van der Waals surface area contributed by atoms with Gasteiger partial charge >= 0.3 is 5.97 Å². The lowest BCUT2D eigenvalue weighted by Gasteiger charge is -2.11. The van der Waals surface area contributed by atoms with Crippen molar-refractivity contribution in [3.05, 3.63) is 0 Å². The van der Waals surface area contributed by atoms with Gasteiger partial charge in [0.2, 0.25) is 5.91 Å². The second kappa shape index (κ2) is 3.10. The smallest absolute Gasteiger partial charge is 0.323 e. The van der Waals surface area contributed by atoms with E-state index >= 15 is 0 Å². The van der Waals surface area contributed by atoms with Gasteiger partial charge in [-0.3, -0.25) is 9.59 Å². The van der Waals surface area contributed by atoms with Crippen LogP contribution in [0.3, 0.4) is 0 Å². The summed E-state index contributed by atoms with van der Waals surface area (Å²) in [6.45, 7) is 1.38. The molecule has 0 aromatic carbocycles. The van der Waals surface area contributed by atoms with Gasteiger partial charge in [-0.25, -0.2) is 9.84 Å². The number of carbonyl (C=O) groups excluding carboxylic acids is 1. The molecule has 1 fully saturated rings. The van der Waals surface area contributed by atoms with Gasteiger partial charge in [0.1, 0.15) is 6.04 Å². The molecule has 0 aromatic heterocycles. The van der Waals surface area contributed by atoms with E-state index in [-0.39, 0.29) is 5.91 Å². The van der Waals surface area contributed by atoms with Gasteiger partial charge in [-0.2, -0.15) is 0 Å². The zero-order chi connectivity index (χ0) is 8.43. The van der Waals surface area contributed by atoms with Crippen molar-refractivity contribution in [2.45, 2.75) is 13.0 Å². The third kappa shape index (κ3) is 1.84. The Kier molecular flexibility index (Phi) is 2.35. The molecule has 6 heteroatoms. The Morgan fingerprint density at radius 3 is 2.64 bits per heavy atom. The lowest BCUT2D eigenvalue weighted by atomic mass is 10.4. The van der Waals surface area contributed by atoms with Crippen molar-refractivity contribution in [2.75, 3.05) is 5.75 Å². The molecule has 0 aliphatic carbocycles. The maximum Gasteiger partial charge on any atom is 0.323 e. The summed E-state index contributed by atoms with van der Waals surface area (Å²) in [5.74, 6) is -0.713. The molecule has 1 heterocycles. The van der Waals surface area contributed by atoms with E-state index in [4.69, 9.17) is 5.11 Å². The Morgan fingerprint density at radius 2 is 2.36 bits per heavy atom. The van der Waals surface area contributed by atoms with Crippen LogP contribution in [0.15, 0.2) is 0 Å². The van der Waals surface area contributed by atoms with Gasteiger partial charge in [-0.1, -0.05) is 0 Å². The van der Waals surface area contributed by atoms with Crippen LogP contribution in [0.5, 0.6) is 0 Å². The zero-order valence-corrected chi connectivity index (χ0v) is 6.72. The number of amides is 1. The molecule has 1 saturated heterocycles. The molecule has 1 atom stereocenters. The molecule has 1 unspecified atom stereocenters. The Balaban J connectivity index is 2.47. The molecule has 0 radical (unpaired) electrons. The standard InChI is InChI=1S/C5H8N2O3S/c1-3(8)7-6-4(2-11-7)5(9)10/h4,6H,2H2,1H3,(H,9,10). The maximum atomic E-state index is 10.7. The fourth-order valence-electron chi connectivity index (χ4n) is 0.673. The predicted molar refractivity (Wildman–Crippen MR) is 39.5 cm³/mol. The number of carboxylic acids is 1. The highest BCUT2D eigenvalue weighted by atomic mass is 32.2. The second-order valence-corrected chi connectivity index (χ2v) is 3.09. The number of hydrogen-bond acceptors (Lipinski definition) is 4. The van der Waals surface area contributed by atoms with Crippen LogP contribution in [0.2, 0.25) is 0 Å². The normalized spacial score (nSPS) is 23.7. The second-order valence-electron chi connectivity index (χ2n) is 2.13. The van der Waals surface area contributed by atoms with Crippen LogP contribution in [0.4, 0.5) is 0 Å². The molecular formula is C5H8N2O3S. The van der Waals surface area contributed by atoms with E-state index in [9.17, 15) is 9.59 Å². The van der Waals surface area contributed by atoms with Crippen LogP contribution in [0.1, 0.15) is 6.92 Å². The molecular weight excluding hydrogens is 168 g/mol. The van der Waals surface area contributed by atoms with Crippen LogP contribution >= 0.6 is 11.9 Å². The van der Waals surface area contributed by atoms with Gasteiger partial charge in [0.15, 0.2) is 0 Å². The van der Waals surface area contributed by atoms with Gasteiger partial charge < -0.3 is 5.11 Å². The first-order chi connectivity index (χ1) is 5.11. The summed E-state index contributed by atoms with van der Waals surface area (Å²) in [6, 6.07) is -0.635. The minimum Gasteiger partial charge on any atom is -0.480 e. The maximum absolute atomic E-state index is 10.7. The molecule has 0 spiro atoms. The SMILES string of the molecule is CC(=O)N1NC(C(=O)O)CS1. The monoisotopic (exact) mass is 176 g/mol. The topological polar surface area (TPSA) is 69.6 Å². The lowest BCUT2D eigenvalue weighted by Crippen LogP contribution is -2.40. The van der Waals surface area contributed by atoms with Crippen molar-refractivity contribution in [3.8, 4) is 0 Å². The molecule has 5 nitrogen and oxygen atoms in total. The van der Waals surface area contributed by atoms with Crippen molar-refractivity contribution < 1.29 is 14.7 Å². The molecule has 1 aliphatic heterocycles. The van der Waals surface area contributed by atoms with E-state index < -0.39 is 12.0 Å². The first kappa shape index (κ1) is 8.35. The summed E-state index contributed by atoms with van der Waals surface area (Å²) < 4.78 is 1.23. The molecule has 2 N–H and O–H groups in total. The fraction of sp³-hybridized carbons (Fsp3) is 0.600. The molecule has 0 bridgehead atoms. The Bertz CT molecular complexity index is 176. The molecule has 1 amide bonds. The minimum atomic E-state index is -0.929. The van der Waals surface area contributed by atoms with Crippen LogP contribution < -0.4 is 5.43 Å². The molecule has 0 aromatic rings. The zero-order valence-electron chi connectivity index (χ0n) is 5.90. The Morgan fingerprint density at radius 1 is 1.73 bits per heavy atom. The van der Waals surface area contributed by atoms with Crippen molar-refractivity contribution in [1.29, 1.82) is 0 Å². The van der Waals surface area contributed by atoms with Crippen molar-refractivity contribution in [2.24, 2.45) is 0 Å². The van der Waals surface area contributed by atoms with Gasteiger partial charge in [-0.15, -0.1) is 0 Å². The highest BCUT2D eigenvalue weighted by Crippen LogP contribution is 2.16. The molecule has 1 rings (SSSR count). The summed E-state index contributed by atoms with van der Waals surface area (Å²) in [4.78, 5) is 21.0. The van der Waals surface area contributed by atoms with E-state index in [1.165, 1.54) is 23.3 Å². The Hall–Kier alpha value is -0.750. The van der Waals surface area contributed by atoms with E-state index in [1.54, 1.807) is 0 Å². The molecule has 62 valence electrons. The number of carbonyl (C=O) groups is 2. The lowest BCUT2D eigenvalue weighted by molar-refractivity contribution is -0.139. The van der Waals surface area contributed by atoms with E-state index in [1.807, 2.05) is 0 Å². The summed E-state index contributed by atoms with van der Waals surface area (Å²) in [7, 11) is 0. The third-order valence-electron chi connectivity index (χ3n) is 1.23. The van der Waals surface area contributed by atoms with E-state index in [0.29, 0.717) is 5.75 Å². The number of carboxylic acid groups (broad SMARTS) is 1. The van der Waals surface area contributed by atoms with Crippen molar-refractivity contribution >= 4 is 23.8 Å². The quantitative estimate of drug-likeness (QED) is 0.525. The summed E-state index contributed by atoms with van der Waals surface area (Å²) in [5, 5.41) is 8.50. The van der Waals surface area contributed by atoms with Crippen LogP contribution in [-0.4, -0.2) is 33.2 Å². The first-order valence-electron chi connectivity index (χ1n) is 3.04. The summed E-state index contributed by atoms with van der Waals surface area (Å²) in [6.07, 6.45) is 0. The summed E-state index contributed by atoms with van der Waals surface area (Å²) >= 11 is 1.18. The van der Waals surface area contributed by atoms with Crippen molar-refractivity contribution in [3.63, 3.8) is 0 Å². The first-order valence-corrected chi connectivity index (χ1v) is 3.98. The highest BCUT2D eigenvalue weighted by Gasteiger charge is 2.29. The van der Waals surface area contributed by atoms with Gasteiger partial charge in [0.05, 0.1) is 0 Å². The van der Waals surface area contributed by atoms with Gasteiger partial charge in [-0.05, 0) is 11.9 Å². The third-order valence-corrected chi connectivity index (χ3v) is 2.33. The number of nitrogens with one attached hydrogen (secondary N) is 1.